The zero-order chi connectivity index (χ0) is 16.8. The van der Waals surface area contributed by atoms with Gasteiger partial charge >= 0.3 is 6.09 Å². The summed E-state index contributed by atoms with van der Waals surface area (Å²) in [6.45, 7) is 12.9. The second-order valence-corrected chi connectivity index (χ2v) is 5.69. The lowest BCUT2D eigenvalue weighted by molar-refractivity contribution is 0.147. The van der Waals surface area contributed by atoms with Gasteiger partial charge in [-0.3, -0.25) is 4.99 Å². The molecule has 0 heterocycles. The van der Waals surface area contributed by atoms with E-state index in [2.05, 4.69) is 41.7 Å². The van der Waals surface area contributed by atoms with Crippen molar-refractivity contribution in [2.45, 2.75) is 59.9 Å². The Morgan fingerprint density at radius 2 is 1.87 bits per heavy atom. The predicted octanol–water partition coefficient (Wildman–Crippen LogP) is 3.12. The number of amides is 1. The van der Waals surface area contributed by atoms with Crippen LogP contribution in [0.1, 0.15) is 53.9 Å². The Morgan fingerprint density at radius 1 is 1.17 bits per heavy atom. The van der Waals surface area contributed by atoms with Crippen LogP contribution in [0.3, 0.4) is 0 Å². The van der Waals surface area contributed by atoms with E-state index in [9.17, 15) is 4.79 Å². The lowest BCUT2D eigenvalue weighted by Gasteiger charge is -2.19. The molecule has 0 aliphatic carbocycles. The molecule has 0 aliphatic heterocycles. The first-order chi connectivity index (χ1) is 10.5. The lowest BCUT2D eigenvalue weighted by atomic mass is 10.0. The van der Waals surface area contributed by atoms with E-state index >= 15 is 0 Å². The summed E-state index contributed by atoms with van der Waals surface area (Å²) in [5.74, 6) is 1.29. The molecule has 0 aromatic carbocycles. The van der Waals surface area contributed by atoms with E-state index < -0.39 is 0 Å². The Balaban J connectivity index is 0. The van der Waals surface area contributed by atoms with Crippen molar-refractivity contribution in [3.63, 3.8) is 0 Å². The number of rotatable bonds is 10. The zero-order valence-electron chi connectivity index (χ0n) is 15.3. The minimum atomic E-state index is -0.368. The number of hydrogen-bond acceptors (Lipinski definition) is 3. The van der Waals surface area contributed by atoms with Crippen LogP contribution >= 0.6 is 24.0 Å². The highest BCUT2D eigenvalue weighted by molar-refractivity contribution is 14.0. The number of carbonyl (C=O) groups is 1. The van der Waals surface area contributed by atoms with Crippen molar-refractivity contribution in [1.29, 1.82) is 0 Å². The van der Waals surface area contributed by atoms with Crippen LogP contribution in [-0.2, 0) is 4.74 Å². The highest BCUT2D eigenvalue weighted by atomic mass is 127. The largest absolute Gasteiger partial charge is 0.450 e. The van der Waals surface area contributed by atoms with E-state index in [1.807, 2.05) is 6.92 Å². The first kappa shape index (κ1) is 24.5. The van der Waals surface area contributed by atoms with Crippen molar-refractivity contribution in [2.75, 3.05) is 26.2 Å². The van der Waals surface area contributed by atoms with E-state index in [-0.39, 0.29) is 36.1 Å². The van der Waals surface area contributed by atoms with Gasteiger partial charge in [0.25, 0.3) is 0 Å². The first-order valence-electron chi connectivity index (χ1n) is 8.48. The average Bonchev–Trinajstić information content (AvgIpc) is 2.44. The van der Waals surface area contributed by atoms with Crippen molar-refractivity contribution in [3.8, 4) is 0 Å². The smallest absolute Gasteiger partial charge is 0.407 e. The third kappa shape index (κ3) is 14.6. The number of aliphatic imine (C=N–C) groups is 1. The van der Waals surface area contributed by atoms with Crippen molar-refractivity contribution < 1.29 is 9.53 Å². The zero-order valence-corrected chi connectivity index (χ0v) is 17.6. The number of unbranched alkanes of at least 4 members (excludes halogenated alkanes) is 1. The van der Waals surface area contributed by atoms with Gasteiger partial charge in [-0.2, -0.15) is 0 Å². The fraction of sp³-hybridized carbons (Fsp3) is 0.875. The van der Waals surface area contributed by atoms with Crippen molar-refractivity contribution in [2.24, 2.45) is 10.9 Å². The molecule has 0 aliphatic rings. The number of ether oxygens (including phenoxy) is 1. The van der Waals surface area contributed by atoms with Crippen LogP contribution in [0.25, 0.3) is 0 Å². The van der Waals surface area contributed by atoms with Gasteiger partial charge in [-0.15, -0.1) is 24.0 Å². The SMILES string of the molecule is CCCCNC(=NCC(CC(C)C)NC(=O)OCC)NCC.I. The third-order valence-corrected chi connectivity index (χ3v) is 2.99. The molecule has 1 unspecified atom stereocenters. The highest BCUT2D eigenvalue weighted by Gasteiger charge is 2.14. The molecule has 3 N–H and O–H groups in total. The molecule has 0 radical (unpaired) electrons. The highest BCUT2D eigenvalue weighted by Crippen LogP contribution is 2.05. The Kier molecular flexibility index (Phi) is 17.2. The van der Waals surface area contributed by atoms with Crippen LogP contribution in [-0.4, -0.2) is 44.3 Å². The maximum Gasteiger partial charge on any atom is 0.407 e. The molecule has 7 heteroatoms. The van der Waals surface area contributed by atoms with Crippen LogP contribution in [0.5, 0.6) is 0 Å². The molecule has 0 aromatic heterocycles. The summed E-state index contributed by atoms with van der Waals surface area (Å²) in [4.78, 5) is 16.2. The number of halogens is 1. The molecular formula is C16H35IN4O2. The number of alkyl carbamates (subject to hydrolysis) is 1. The standard InChI is InChI=1S/C16H34N4O2.HI/c1-6-9-10-18-15(17-7-2)19-12-14(11-13(4)5)20-16(21)22-8-3;/h13-14H,6-12H2,1-5H3,(H,20,21)(H2,17,18,19);1H. The summed E-state index contributed by atoms with van der Waals surface area (Å²) in [6.07, 6.45) is 2.76. The quantitative estimate of drug-likeness (QED) is 0.210. The van der Waals surface area contributed by atoms with Gasteiger partial charge in [-0.05, 0) is 32.6 Å². The Labute approximate surface area is 158 Å². The van der Waals surface area contributed by atoms with Crippen LogP contribution in [0.4, 0.5) is 4.79 Å². The minimum absolute atomic E-state index is 0. The Bertz CT molecular complexity index is 325. The van der Waals surface area contributed by atoms with E-state index in [1.54, 1.807) is 6.92 Å². The van der Waals surface area contributed by atoms with E-state index in [4.69, 9.17) is 4.74 Å². The van der Waals surface area contributed by atoms with Crippen LogP contribution in [0.15, 0.2) is 4.99 Å². The molecule has 138 valence electrons. The fourth-order valence-electron chi connectivity index (χ4n) is 2.01. The fourth-order valence-corrected chi connectivity index (χ4v) is 2.01. The topological polar surface area (TPSA) is 74.8 Å². The van der Waals surface area contributed by atoms with Gasteiger partial charge in [0.1, 0.15) is 0 Å². The Hall–Kier alpha value is -0.730. The van der Waals surface area contributed by atoms with Gasteiger partial charge in [-0.25, -0.2) is 4.79 Å². The Morgan fingerprint density at radius 3 is 2.39 bits per heavy atom. The summed E-state index contributed by atoms with van der Waals surface area (Å²) >= 11 is 0. The summed E-state index contributed by atoms with van der Waals surface area (Å²) in [6, 6.07) is -0.0133. The number of hydrogen-bond donors (Lipinski definition) is 3. The van der Waals surface area contributed by atoms with Gasteiger partial charge in [0, 0.05) is 13.1 Å². The van der Waals surface area contributed by atoms with Crippen molar-refractivity contribution in [1.82, 2.24) is 16.0 Å². The third-order valence-electron chi connectivity index (χ3n) is 2.99. The molecule has 23 heavy (non-hydrogen) atoms. The van der Waals surface area contributed by atoms with Gasteiger partial charge in [0.2, 0.25) is 0 Å². The molecule has 1 amide bonds. The van der Waals surface area contributed by atoms with Gasteiger partial charge < -0.3 is 20.7 Å². The maximum absolute atomic E-state index is 11.6. The lowest BCUT2D eigenvalue weighted by Crippen LogP contribution is -2.41. The second kappa shape index (κ2) is 16.1. The molecule has 0 fully saturated rings. The number of nitrogens with one attached hydrogen (secondary N) is 3. The van der Waals surface area contributed by atoms with Gasteiger partial charge in [0.15, 0.2) is 5.96 Å². The summed E-state index contributed by atoms with van der Waals surface area (Å²) < 4.78 is 4.96. The normalized spacial score (nSPS) is 12.3. The van der Waals surface area contributed by atoms with Crippen molar-refractivity contribution in [3.05, 3.63) is 0 Å². The maximum atomic E-state index is 11.6. The minimum Gasteiger partial charge on any atom is -0.450 e. The first-order valence-corrected chi connectivity index (χ1v) is 8.48. The summed E-state index contributed by atoms with van der Waals surface area (Å²) in [7, 11) is 0. The van der Waals surface area contributed by atoms with E-state index in [0.29, 0.717) is 19.1 Å². The molecule has 6 nitrogen and oxygen atoms in total. The number of carbonyl (C=O) groups excluding carboxylic acids is 1. The molecular weight excluding hydrogens is 407 g/mol. The molecule has 0 aromatic rings. The monoisotopic (exact) mass is 442 g/mol. The summed E-state index contributed by atoms with van der Waals surface area (Å²) in [5, 5.41) is 9.42. The van der Waals surface area contributed by atoms with Crippen molar-refractivity contribution >= 4 is 36.0 Å². The molecule has 1 atom stereocenters. The molecule has 0 saturated heterocycles. The molecule has 0 bridgehead atoms. The van der Waals surface area contributed by atoms with Gasteiger partial charge in [0.05, 0.1) is 19.2 Å². The number of nitrogens with zero attached hydrogens (tertiary/aromatic N) is 1. The van der Waals surface area contributed by atoms with Gasteiger partial charge in [-0.1, -0.05) is 27.2 Å². The van der Waals surface area contributed by atoms with Crippen LogP contribution < -0.4 is 16.0 Å². The molecule has 0 spiro atoms. The van der Waals surface area contributed by atoms with E-state index in [1.165, 1.54) is 0 Å². The second-order valence-electron chi connectivity index (χ2n) is 5.69. The average molecular weight is 442 g/mol. The predicted molar refractivity (Wildman–Crippen MR) is 108 cm³/mol. The summed E-state index contributed by atoms with van der Waals surface area (Å²) in [5.41, 5.74) is 0. The van der Waals surface area contributed by atoms with Crippen LogP contribution in [0.2, 0.25) is 0 Å². The van der Waals surface area contributed by atoms with E-state index in [0.717, 1.165) is 38.3 Å². The molecule has 0 rings (SSSR count). The molecule has 0 saturated carbocycles. The van der Waals surface area contributed by atoms with Crippen LogP contribution in [0, 0.1) is 5.92 Å². The number of guanidine groups is 1.